The highest BCUT2D eigenvalue weighted by Crippen LogP contribution is 2.20. The molecule has 0 atom stereocenters. The summed E-state index contributed by atoms with van der Waals surface area (Å²) in [6, 6.07) is 3.54. The molecule has 0 fully saturated rings. The Balaban J connectivity index is 2.78. The maximum atomic E-state index is 12.0. The highest BCUT2D eigenvalue weighted by Gasteiger charge is 2.17. The SMILES string of the molecule is CN(C)CCCNS(=O)(=O)c1ccc(C(=O)O)c(Cl)c1. The van der Waals surface area contributed by atoms with Crippen molar-refractivity contribution in [2.45, 2.75) is 11.3 Å². The Bertz CT molecular complexity index is 587. The Labute approximate surface area is 123 Å². The summed E-state index contributed by atoms with van der Waals surface area (Å²) in [5, 5.41) is 8.73. The van der Waals surface area contributed by atoms with Gasteiger partial charge in [-0.25, -0.2) is 17.9 Å². The van der Waals surface area contributed by atoms with Crippen LogP contribution in [0.15, 0.2) is 23.1 Å². The van der Waals surface area contributed by atoms with Crippen LogP contribution in [0.25, 0.3) is 0 Å². The second-order valence-electron chi connectivity index (χ2n) is 4.50. The summed E-state index contributed by atoms with van der Waals surface area (Å²) in [7, 11) is 0.134. The van der Waals surface area contributed by atoms with E-state index in [4.69, 9.17) is 16.7 Å². The third-order valence-corrected chi connectivity index (χ3v) is 4.33. The molecule has 8 heteroatoms. The molecule has 0 unspecified atom stereocenters. The van der Waals surface area contributed by atoms with Gasteiger partial charge in [0.05, 0.1) is 15.5 Å². The molecule has 0 saturated heterocycles. The molecule has 0 radical (unpaired) electrons. The van der Waals surface area contributed by atoms with Gasteiger partial charge >= 0.3 is 5.97 Å². The predicted molar refractivity (Wildman–Crippen MR) is 76.8 cm³/mol. The van der Waals surface area contributed by atoms with Crippen LogP contribution in [-0.2, 0) is 10.0 Å². The topological polar surface area (TPSA) is 86.7 Å². The standard InChI is InChI=1S/C12H17ClN2O4S/c1-15(2)7-3-6-14-20(18,19)9-4-5-10(12(16)17)11(13)8-9/h4-5,8,14H,3,6-7H2,1-2H3,(H,16,17). The molecular weight excluding hydrogens is 304 g/mol. The number of rotatable bonds is 7. The molecule has 1 rings (SSSR count). The number of nitrogens with one attached hydrogen (secondary N) is 1. The van der Waals surface area contributed by atoms with Crippen LogP contribution in [-0.4, -0.2) is 51.6 Å². The first-order valence-corrected chi connectivity index (χ1v) is 7.77. The summed E-state index contributed by atoms with van der Waals surface area (Å²) in [6.07, 6.45) is 0.674. The van der Waals surface area contributed by atoms with Crippen molar-refractivity contribution in [2.75, 3.05) is 27.2 Å². The fourth-order valence-electron chi connectivity index (χ4n) is 1.52. The number of halogens is 1. The van der Waals surface area contributed by atoms with Crippen molar-refractivity contribution in [2.24, 2.45) is 0 Å². The van der Waals surface area contributed by atoms with Gasteiger partial charge in [-0.3, -0.25) is 0 Å². The van der Waals surface area contributed by atoms with E-state index in [2.05, 4.69) is 4.72 Å². The van der Waals surface area contributed by atoms with E-state index in [1.54, 1.807) is 0 Å². The zero-order valence-electron chi connectivity index (χ0n) is 11.3. The molecular formula is C12H17ClN2O4S. The lowest BCUT2D eigenvalue weighted by Crippen LogP contribution is -2.27. The molecule has 6 nitrogen and oxygen atoms in total. The molecule has 0 saturated carbocycles. The van der Waals surface area contributed by atoms with E-state index >= 15 is 0 Å². The number of sulfonamides is 1. The summed E-state index contributed by atoms with van der Waals surface area (Å²) in [6.45, 7) is 1.07. The van der Waals surface area contributed by atoms with Gasteiger partial charge in [-0.1, -0.05) is 11.6 Å². The average Bonchev–Trinajstić information content (AvgIpc) is 2.34. The van der Waals surface area contributed by atoms with Crippen molar-refractivity contribution in [3.8, 4) is 0 Å². The first-order valence-electron chi connectivity index (χ1n) is 5.91. The van der Waals surface area contributed by atoms with Crippen LogP contribution in [0.5, 0.6) is 0 Å². The highest BCUT2D eigenvalue weighted by atomic mass is 35.5. The number of aromatic carboxylic acids is 1. The molecule has 0 aliphatic heterocycles. The van der Waals surface area contributed by atoms with Crippen LogP contribution in [0.2, 0.25) is 5.02 Å². The van der Waals surface area contributed by atoms with E-state index in [-0.39, 0.29) is 15.5 Å². The fourth-order valence-corrected chi connectivity index (χ4v) is 2.95. The molecule has 1 aromatic carbocycles. The minimum atomic E-state index is -3.67. The number of carbonyl (C=O) groups is 1. The van der Waals surface area contributed by atoms with Crippen LogP contribution in [0.3, 0.4) is 0 Å². The predicted octanol–water partition coefficient (Wildman–Crippen LogP) is 1.27. The molecule has 2 N–H and O–H groups in total. The van der Waals surface area contributed by atoms with Crippen molar-refractivity contribution in [1.29, 1.82) is 0 Å². The molecule has 0 bridgehead atoms. The Morgan fingerprint density at radius 2 is 2.05 bits per heavy atom. The monoisotopic (exact) mass is 320 g/mol. The van der Waals surface area contributed by atoms with E-state index in [1.165, 1.54) is 12.1 Å². The van der Waals surface area contributed by atoms with Gasteiger partial charge in [0.15, 0.2) is 0 Å². The second kappa shape index (κ2) is 7.03. The van der Waals surface area contributed by atoms with Gasteiger partial charge in [-0.05, 0) is 45.3 Å². The number of carboxylic acid groups (broad SMARTS) is 1. The normalized spacial score (nSPS) is 11.8. The maximum Gasteiger partial charge on any atom is 0.337 e. The van der Waals surface area contributed by atoms with Crippen LogP contribution in [0, 0.1) is 0 Å². The number of hydrogen-bond acceptors (Lipinski definition) is 4. The summed E-state index contributed by atoms with van der Waals surface area (Å²) in [5.74, 6) is -1.20. The molecule has 0 aliphatic carbocycles. The smallest absolute Gasteiger partial charge is 0.337 e. The molecule has 0 aliphatic rings. The van der Waals surface area contributed by atoms with E-state index in [1.807, 2.05) is 19.0 Å². The third kappa shape index (κ3) is 4.75. The van der Waals surface area contributed by atoms with E-state index < -0.39 is 16.0 Å². The Morgan fingerprint density at radius 1 is 1.40 bits per heavy atom. The van der Waals surface area contributed by atoms with E-state index in [9.17, 15) is 13.2 Å². The molecule has 0 aromatic heterocycles. The van der Waals surface area contributed by atoms with Crippen molar-refractivity contribution in [3.63, 3.8) is 0 Å². The van der Waals surface area contributed by atoms with Crippen molar-refractivity contribution in [1.82, 2.24) is 9.62 Å². The van der Waals surface area contributed by atoms with Crippen LogP contribution in [0.4, 0.5) is 0 Å². The Kier molecular flexibility index (Phi) is 5.94. The lowest BCUT2D eigenvalue weighted by molar-refractivity contribution is 0.0697. The summed E-state index contributed by atoms with van der Waals surface area (Å²) in [4.78, 5) is 12.7. The van der Waals surface area contributed by atoms with Gasteiger partial charge in [0.1, 0.15) is 0 Å². The first-order chi connectivity index (χ1) is 9.24. The van der Waals surface area contributed by atoms with Gasteiger partial charge in [0, 0.05) is 6.54 Å². The van der Waals surface area contributed by atoms with Gasteiger partial charge in [-0.15, -0.1) is 0 Å². The second-order valence-corrected chi connectivity index (χ2v) is 6.68. The lowest BCUT2D eigenvalue weighted by Gasteiger charge is -2.11. The molecule has 112 valence electrons. The average molecular weight is 321 g/mol. The summed E-state index contributed by atoms with van der Waals surface area (Å²) >= 11 is 5.75. The van der Waals surface area contributed by atoms with Crippen LogP contribution >= 0.6 is 11.6 Å². The number of hydrogen-bond donors (Lipinski definition) is 2. The van der Waals surface area contributed by atoms with E-state index in [0.29, 0.717) is 13.0 Å². The Morgan fingerprint density at radius 3 is 2.55 bits per heavy atom. The van der Waals surface area contributed by atoms with Crippen molar-refractivity contribution in [3.05, 3.63) is 28.8 Å². The van der Waals surface area contributed by atoms with E-state index in [0.717, 1.165) is 12.6 Å². The number of benzene rings is 1. The molecule has 1 aromatic rings. The molecule has 0 heterocycles. The van der Waals surface area contributed by atoms with Crippen LogP contribution in [0.1, 0.15) is 16.8 Å². The highest BCUT2D eigenvalue weighted by molar-refractivity contribution is 7.89. The van der Waals surface area contributed by atoms with Gasteiger partial charge in [0.2, 0.25) is 10.0 Å². The van der Waals surface area contributed by atoms with Crippen LogP contribution < -0.4 is 4.72 Å². The zero-order chi connectivity index (χ0) is 15.3. The molecule has 20 heavy (non-hydrogen) atoms. The zero-order valence-corrected chi connectivity index (χ0v) is 12.8. The minimum absolute atomic E-state index is 0.0441. The van der Waals surface area contributed by atoms with Crippen molar-refractivity contribution < 1.29 is 18.3 Å². The van der Waals surface area contributed by atoms with Gasteiger partial charge in [-0.2, -0.15) is 0 Å². The molecule has 0 spiro atoms. The van der Waals surface area contributed by atoms with Gasteiger partial charge in [0.25, 0.3) is 0 Å². The first kappa shape index (κ1) is 16.9. The quantitative estimate of drug-likeness (QED) is 0.739. The fraction of sp³-hybridized carbons (Fsp3) is 0.417. The lowest BCUT2D eigenvalue weighted by atomic mass is 10.2. The largest absolute Gasteiger partial charge is 0.478 e. The summed E-state index contributed by atoms with van der Waals surface area (Å²) in [5.41, 5.74) is -0.127. The van der Waals surface area contributed by atoms with Gasteiger partial charge < -0.3 is 10.0 Å². The Hall–Kier alpha value is -1.15. The molecule has 0 amide bonds. The summed E-state index contributed by atoms with van der Waals surface area (Å²) < 4.78 is 26.4. The van der Waals surface area contributed by atoms with Crippen molar-refractivity contribution >= 4 is 27.6 Å². The maximum absolute atomic E-state index is 12.0. The third-order valence-electron chi connectivity index (χ3n) is 2.56. The number of nitrogens with zero attached hydrogens (tertiary/aromatic N) is 1. The number of carboxylic acids is 1. The minimum Gasteiger partial charge on any atom is -0.478 e.